The normalized spacial score (nSPS) is 11.6. The van der Waals surface area contributed by atoms with E-state index < -0.39 is 12.0 Å². The summed E-state index contributed by atoms with van der Waals surface area (Å²) in [7, 11) is 1.58. The molecule has 1 atom stereocenters. The monoisotopic (exact) mass is 409 g/mol. The van der Waals surface area contributed by atoms with Crippen LogP contribution in [0.3, 0.4) is 0 Å². The van der Waals surface area contributed by atoms with Gasteiger partial charge in [0.2, 0.25) is 5.91 Å². The maximum atomic E-state index is 12.5. The average molecular weight is 409 g/mol. The predicted octanol–water partition coefficient (Wildman–Crippen LogP) is 1.20. The maximum Gasteiger partial charge on any atom is 0.254 e. The number of pyridine rings is 1. The van der Waals surface area contributed by atoms with Gasteiger partial charge in [-0.3, -0.25) is 14.6 Å². The molecule has 9 heteroatoms. The molecule has 0 saturated carbocycles. The predicted molar refractivity (Wildman–Crippen MR) is 109 cm³/mol. The van der Waals surface area contributed by atoms with Crippen molar-refractivity contribution in [3.8, 4) is 11.4 Å². The third kappa shape index (κ3) is 5.21. The van der Waals surface area contributed by atoms with E-state index in [9.17, 15) is 14.7 Å². The van der Waals surface area contributed by atoms with E-state index in [2.05, 4.69) is 20.7 Å². The largest absolute Gasteiger partial charge is 0.494 e. The number of aliphatic hydroxyl groups excluding tert-OH is 1. The van der Waals surface area contributed by atoms with Crippen LogP contribution in [0, 0.1) is 0 Å². The number of carbonyl (C=O) groups excluding carboxylic acids is 2. The number of ether oxygens (including phenoxy) is 1. The lowest BCUT2D eigenvalue weighted by Gasteiger charge is -2.09. The molecule has 30 heavy (non-hydrogen) atoms. The van der Waals surface area contributed by atoms with E-state index in [1.165, 1.54) is 13.1 Å². The molecule has 2 aromatic heterocycles. The molecule has 0 bridgehead atoms. The number of nitrogens with one attached hydrogen (secondary N) is 2. The van der Waals surface area contributed by atoms with E-state index in [-0.39, 0.29) is 19.0 Å². The number of rotatable bonds is 8. The molecule has 0 radical (unpaired) electrons. The van der Waals surface area contributed by atoms with Crippen molar-refractivity contribution in [3.63, 3.8) is 0 Å². The lowest BCUT2D eigenvalue weighted by Crippen LogP contribution is -2.32. The number of amides is 2. The topological polar surface area (TPSA) is 118 Å². The van der Waals surface area contributed by atoms with Gasteiger partial charge in [0.1, 0.15) is 17.5 Å². The van der Waals surface area contributed by atoms with Crippen molar-refractivity contribution in [2.24, 2.45) is 0 Å². The highest BCUT2D eigenvalue weighted by molar-refractivity contribution is 5.93. The zero-order chi connectivity index (χ0) is 21.5. The van der Waals surface area contributed by atoms with E-state index in [1.807, 2.05) is 24.3 Å². The van der Waals surface area contributed by atoms with Gasteiger partial charge in [-0.1, -0.05) is 12.1 Å². The molecule has 2 amide bonds. The van der Waals surface area contributed by atoms with Crippen molar-refractivity contribution in [2.45, 2.75) is 26.1 Å². The van der Waals surface area contributed by atoms with E-state index in [4.69, 9.17) is 4.74 Å². The van der Waals surface area contributed by atoms with Crippen LogP contribution in [0.25, 0.3) is 5.69 Å². The summed E-state index contributed by atoms with van der Waals surface area (Å²) in [5.74, 6) is -0.0873. The van der Waals surface area contributed by atoms with Crippen molar-refractivity contribution in [3.05, 3.63) is 71.8 Å². The van der Waals surface area contributed by atoms with Crippen LogP contribution in [-0.2, 0) is 17.9 Å². The SMILES string of the molecule is COc1ccccc1-n1cc(C(=O)NCc2cc(CNC(=O)C(C)O)ccn2)cn1. The lowest BCUT2D eigenvalue weighted by molar-refractivity contribution is -0.128. The quantitative estimate of drug-likeness (QED) is 0.515. The second-order valence-electron chi connectivity index (χ2n) is 6.58. The summed E-state index contributed by atoms with van der Waals surface area (Å²) in [4.78, 5) is 28.2. The Morgan fingerprint density at radius 2 is 2.00 bits per heavy atom. The fourth-order valence-corrected chi connectivity index (χ4v) is 2.74. The number of carbonyl (C=O) groups is 2. The Morgan fingerprint density at radius 3 is 2.77 bits per heavy atom. The number of hydrogen-bond donors (Lipinski definition) is 3. The Hall–Kier alpha value is -3.72. The summed E-state index contributed by atoms with van der Waals surface area (Å²) < 4.78 is 6.90. The Balaban J connectivity index is 1.60. The lowest BCUT2D eigenvalue weighted by atomic mass is 10.2. The molecule has 0 aliphatic rings. The number of hydrogen-bond acceptors (Lipinski definition) is 6. The van der Waals surface area contributed by atoms with Crippen molar-refractivity contribution in [1.82, 2.24) is 25.4 Å². The number of benzene rings is 1. The van der Waals surface area contributed by atoms with Crippen LogP contribution in [-0.4, -0.2) is 44.9 Å². The Bertz CT molecular complexity index is 1030. The van der Waals surface area contributed by atoms with Crippen molar-refractivity contribution < 1.29 is 19.4 Å². The first-order valence-electron chi connectivity index (χ1n) is 9.33. The fourth-order valence-electron chi connectivity index (χ4n) is 2.74. The molecule has 0 fully saturated rings. The number of methoxy groups -OCH3 is 1. The number of nitrogens with zero attached hydrogens (tertiary/aromatic N) is 3. The van der Waals surface area contributed by atoms with E-state index >= 15 is 0 Å². The minimum absolute atomic E-state index is 0.219. The highest BCUT2D eigenvalue weighted by atomic mass is 16.5. The molecular weight excluding hydrogens is 386 g/mol. The van der Waals surface area contributed by atoms with E-state index in [0.29, 0.717) is 17.0 Å². The molecule has 156 valence electrons. The molecule has 3 aromatic rings. The smallest absolute Gasteiger partial charge is 0.254 e. The van der Waals surface area contributed by atoms with Crippen LogP contribution in [0.1, 0.15) is 28.5 Å². The number of aromatic nitrogens is 3. The zero-order valence-corrected chi connectivity index (χ0v) is 16.7. The molecule has 9 nitrogen and oxygen atoms in total. The van der Waals surface area contributed by atoms with Crippen LogP contribution >= 0.6 is 0 Å². The summed E-state index contributed by atoms with van der Waals surface area (Å²) >= 11 is 0. The third-order valence-corrected chi connectivity index (χ3v) is 4.33. The van der Waals surface area contributed by atoms with Crippen molar-refractivity contribution in [2.75, 3.05) is 7.11 Å². The van der Waals surface area contributed by atoms with Crippen molar-refractivity contribution >= 4 is 11.8 Å². The molecule has 3 rings (SSSR count). The zero-order valence-electron chi connectivity index (χ0n) is 16.7. The first kappa shape index (κ1) is 21.0. The molecular formula is C21H23N5O4. The molecule has 2 heterocycles. The van der Waals surface area contributed by atoms with E-state index in [1.54, 1.807) is 36.3 Å². The molecule has 1 unspecified atom stereocenters. The Morgan fingerprint density at radius 1 is 1.20 bits per heavy atom. The first-order chi connectivity index (χ1) is 14.5. The van der Waals surface area contributed by atoms with Gasteiger partial charge in [-0.05, 0) is 36.8 Å². The molecule has 0 aliphatic heterocycles. The molecule has 1 aromatic carbocycles. The average Bonchev–Trinajstić information content (AvgIpc) is 3.26. The van der Waals surface area contributed by atoms with Gasteiger partial charge in [0.05, 0.1) is 31.1 Å². The number of para-hydroxylation sites is 2. The highest BCUT2D eigenvalue weighted by Crippen LogP contribution is 2.21. The molecule has 3 N–H and O–H groups in total. The highest BCUT2D eigenvalue weighted by Gasteiger charge is 2.12. The fraction of sp³-hybridized carbons (Fsp3) is 0.238. The van der Waals surface area contributed by atoms with Gasteiger partial charge >= 0.3 is 0 Å². The van der Waals surface area contributed by atoms with Crippen LogP contribution in [0.5, 0.6) is 5.75 Å². The van der Waals surface area contributed by atoms with E-state index in [0.717, 1.165) is 11.3 Å². The third-order valence-electron chi connectivity index (χ3n) is 4.33. The van der Waals surface area contributed by atoms with Crippen LogP contribution in [0.4, 0.5) is 0 Å². The maximum absolute atomic E-state index is 12.5. The summed E-state index contributed by atoms with van der Waals surface area (Å²) in [5.41, 5.74) is 2.59. The van der Waals surface area contributed by atoms with Crippen LogP contribution in [0.15, 0.2) is 55.0 Å². The van der Waals surface area contributed by atoms with Crippen LogP contribution in [0.2, 0.25) is 0 Å². The molecule has 0 spiro atoms. The summed E-state index contributed by atoms with van der Waals surface area (Å²) in [6.07, 6.45) is 3.65. The standard InChI is InChI=1S/C21H23N5O4/c1-14(27)20(28)23-10-15-7-8-22-17(9-15)12-24-21(29)16-11-25-26(13-16)18-5-3-4-6-19(18)30-2/h3-9,11,13-14,27H,10,12H2,1-2H3,(H,23,28)(H,24,29). The van der Waals surface area contributed by atoms with Gasteiger partial charge in [-0.25, -0.2) is 4.68 Å². The van der Waals surface area contributed by atoms with Gasteiger partial charge in [-0.15, -0.1) is 0 Å². The second-order valence-corrected chi connectivity index (χ2v) is 6.58. The van der Waals surface area contributed by atoms with Crippen LogP contribution < -0.4 is 15.4 Å². The Kier molecular flexibility index (Phi) is 6.76. The Labute approximate surface area is 173 Å². The summed E-state index contributed by atoms with van der Waals surface area (Å²) in [6, 6.07) is 10.9. The molecule has 0 aliphatic carbocycles. The summed E-state index contributed by atoms with van der Waals surface area (Å²) in [5, 5.41) is 18.9. The number of aliphatic hydroxyl groups is 1. The van der Waals surface area contributed by atoms with Gasteiger partial charge in [-0.2, -0.15) is 5.10 Å². The van der Waals surface area contributed by atoms with Gasteiger partial charge in [0, 0.05) is 18.9 Å². The van der Waals surface area contributed by atoms with Gasteiger partial charge in [0.15, 0.2) is 0 Å². The van der Waals surface area contributed by atoms with Gasteiger partial charge in [0.25, 0.3) is 5.91 Å². The minimum atomic E-state index is -1.07. The summed E-state index contributed by atoms with van der Waals surface area (Å²) in [6.45, 7) is 1.88. The first-order valence-corrected chi connectivity index (χ1v) is 9.33. The molecule has 0 saturated heterocycles. The van der Waals surface area contributed by atoms with Crippen molar-refractivity contribution in [1.29, 1.82) is 0 Å². The second kappa shape index (κ2) is 9.66. The minimum Gasteiger partial charge on any atom is -0.494 e. The van der Waals surface area contributed by atoms with Gasteiger partial charge < -0.3 is 20.5 Å².